The molecule has 1 heterocycles. The molecule has 20 heavy (non-hydrogen) atoms. The molecule has 2 aromatic rings. The lowest BCUT2D eigenvalue weighted by molar-refractivity contribution is -0.115. The number of hydrogen-bond donors (Lipinski definition) is 2. The quantitative estimate of drug-likeness (QED) is 0.790. The average Bonchev–Trinajstić information content (AvgIpc) is 2.55. The smallest absolute Gasteiger partial charge is 0.231 e. The Hall–Kier alpha value is -2.40. The first-order chi connectivity index (χ1) is 9.65. The van der Waals surface area contributed by atoms with Crippen LogP contribution in [0.4, 0.5) is 17.1 Å². The van der Waals surface area contributed by atoms with Gasteiger partial charge < -0.3 is 15.3 Å². The number of fused-ring (bicyclic) bond motifs is 1. The van der Waals surface area contributed by atoms with Crippen LogP contribution in [0.1, 0.15) is 6.42 Å². The van der Waals surface area contributed by atoms with Gasteiger partial charge in [0, 0.05) is 5.69 Å². The molecule has 0 aliphatic carbocycles. The summed E-state index contributed by atoms with van der Waals surface area (Å²) in [7, 11) is 0. The monoisotopic (exact) mass is 284 g/mol. The molecule has 0 atom stereocenters. The molecule has 0 bridgehead atoms. The number of amides is 1. The molecular weight excluding hydrogens is 272 g/mol. The van der Waals surface area contributed by atoms with Gasteiger partial charge in [-0.05, 0) is 36.4 Å². The maximum atomic E-state index is 11.8. The van der Waals surface area contributed by atoms with Gasteiger partial charge in [0.2, 0.25) is 5.91 Å². The normalized spacial score (nSPS) is 14.5. The third-order valence-corrected chi connectivity index (χ3v) is 3.42. The topological polar surface area (TPSA) is 52.6 Å². The van der Waals surface area contributed by atoms with E-state index < -0.39 is 0 Å². The number of hydrogen-bond acceptors (Lipinski definition) is 3. The van der Waals surface area contributed by atoms with E-state index in [1.165, 1.54) is 0 Å². The molecule has 4 nitrogen and oxygen atoms in total. The summed E-state index contributed by atoms with van der Waals surface area (Å²) in [6.45, 7) is 0. The van der Waals surface area contributed by atoms with Gasteiger partial charge in [0.05, 0.1) is 22.8 Å². The molecule has 3 rings (SSSR count). The number of rotatable bonds is 1. The second kappa shape index (κ2) is 4.94. The number of aromatic hydroxyl groups is 1. The van der Waals surface area contributed by atoms with Gasteiger partial charge in [-0.3, -0.25) is 4.79 Å². The fourth-order valence-electron chi connectivity index (χ4n) is 2.20. The number of benzene rings is 2. The van der Waals surface area contributed by atoms with Crippen molar-refractivity contribution >= 4 is 40.2 Å². The molecule has 1 amide bonds. The minimum atomic E-state index is -0.122. The summed E-state index contributed by atoms with van der Waals surface area (Å²) in [6, 6.07) is 14.2. The van der Waals surface area contributed by atoms with Crippen molar-refractivity contribution in [1.29, 1.82) is 0 Å². The molecule has 0 radical (unpaired) electrons. The van der Waals surface area contributed by atoms with E-state index in [0.29, 0.717) is 4.99 Å². The van der Waals surface area contributed by atoms with Gasteiger partial charge >= 0.3 is 0 Å². The number of nitrogens with zero attached hydrogens (tertiary/aromatic N) is 1. The summed E-state index contributed by atoms with van der Waals surface area (Å²) in [4.78, 5) is 14.2. The summed E-state index contributed by atoms with van der Waals surface area (Å²) < 4.78 is 0. The minimum Gasteiger partial charge on any atom is -0.508 e. The number of carbonyl (C=O) groups is 1. The second-order valence-electron chi connectivity index (χ2n) is 4.49. The molecule has 2 aromatic carbocycles. The van der Waals surface area contributed by atoms with E-state index in [2.05, 4.69) is 5.32 Å². The van der Waals surface area contributed by atoms with Gasteiger partial charge in [-0.25, -0.2) is 0 Å². The van der Waals surface area contributed by atoms with Crippen molar-refractivity contribution in [2.75, 3.05) is 10.2 Å². The number of phenols is 1. The first-order valence-corrected chi connectivity index (χ1v) is 6.57. The molecule has 0 saturated carbocycles. The van der Waals surface area contributed by atoms with Crippen LogP contribution in [-0.4, -0.2) is 16.0 Å². The van der Waals surface area contributed by atoms with Gasteiger partial charge in [0.15, 0.2) is 0 Å². The lowest BCUT2D eigenvalue weighted by Gasteiger charge is -2.24. The van der Waals surface area contributed by atoms with Crippen LogP contribution in [0.2, 0.25) is 0 Å². The Kier molecular flexibility index (Phi) is 3.12. The van der Waals surface area contributed by atoms with E-state index in [0.717, 1.165) is 17.1 Å². The lowest BCUT2D eigenvalue weighted by Crippen LogP contribution is -2.24. The molecule has 1 aliphatic heterocycles. The Balaban J connectivity index is 2.15. The van der Waals surface area contributed by atoms with E-state index in [4.69, 9.17) is 12.2 Å². The fourth-order valence-corrected chi connectivity index (χ4v) is 2.54. The highest BCUT2D eigenvalue weighted by molar-refractivity contribution is 7.80. The Morgan fingerprint density at radius 2 is 1.80 bits per heavy atom. The number of para-hydroxylation sites is 2. The number of carbonyl (C=O) groups excluding carboxylic acids is 1. The highest BCUT2D eigenvalue weighted by Crippen LogP contribution is 2.35. The van der Waals surface area contributed by atoms with Crippen molar-refractivity contribution in [3.63, 3.8) is 0 Å². The number of thiocarbonyl (C=S) groups is 1. The van der Waals surface area contributed by atoms with Crippen molar-refractivity contribution in [1.82, 2.24) is 0 Å². The standard InChI is InChI=1S/C15H12N2O2S/c18-11-7-5-10(6-8-11)17-13-4-2-1-3-12(13)16-14(19)9-15(17)20/h1-8,18H,9H2,(H,16,19). The zero-order valence-electron chi connectivity index (χ0n) is 10.5. The van der Waals surface area contributed by atoms with Crippen LogP contribution >= 0.6 is 12.2 Å². The van der Waals surface area contributed by atoms with Gasteiger partial charge in [0.25, 0.3) is 0 Å². The van der Waals surface area contributed by atoms with Gasteiger partial charge in [-0.1, -0.05) is 24.4 Å². The Bertz CT molecular complexity index is 683. The minimum absolute atomic E-state index is 0.122. The summed E-state index contributed by atoms with van der Waals surface area (Å²) in [5.41, 5.74) is 2.37. The molecule has 0 spiro atoms. The summed E-state index contributed by atoms with van der Waals surface area (Å²) in [6.07, 6.45) is 0.158. The van der Waals surface area contributed by atoms with Gasteiger partial charge in [-0.15, -0.1) is 0 Å². The van der Waals surface area contributed by atoms with Crippen LogP contribution in [-0.2, 0) is 4.79 Å². The second-order valence-corrected chi connectivity index (χ2v) is 4.96. The van der Waals surface area contributed by atoms with Gasteiger partial charge in [0.1, 0.15) is 5.75 Å². The first kappa shape index (κ1) is 12.6. The van der Waals surface area contributed by atoms with Crippen LogP contribution in [0, 0.1) is 0 Å². The van der Waals surface area contributed by atoms with Crippen LogP contribution in [0.5, 0.6) is 5.75 Å². The van der Waals surface area contributed by atoms with E-state index in [-0.39, 0.29) is 18.1 Å². The van der Waals surface area contributed by atoms with Crippen LogP contribution < -0.4 is 10.2 Å². The molecule has 0 saturated heterocycles. The van der Waals surface area contributed by atoms with Crippen LogP contribution in [0.15, 0.2) is 48.5 Å². The Labute approximate surface area is 121 Å². The number of phenolic OH excluding ortho intramolecular Hbond substituents is 1. The number of nitrogens with one attached hydrogen (secondary N) is 1. The van der Waals surface area contributed by atoms with Gasteiger partial charge in [-0.2, -0.15) is 0 Å². The SMILES string of the molecule is O=C1CC(=S)N(c2ccc(O)cc2)c2ccccc2N1. The van der Waals surface area contributed by atoms with Crippen LogP contribution in [0.25, 0.3) is 0 Å². The van der Waals surface area contributed by atoms with Crippen LogP contribution in [0.3, 0.4) is 0 Å². The third-order valence-electron chi connectivity index (χ3n) is 3.09. The summed E-state index contributed by atoms with van der Waals surface area (Å²) in [5, 5.41) is 12.2. The zero-order valence-corrected chi connectivity index (χ0v) is 11.4. The van der Waals surface area contributed by atoms with E-state index >= 15 is 0 Å². The Morgan fingerprint density at radius 1 is 1.10 bits per heavy atom. The maximum Gasteiger partial charge on any atom is 0.231 e. The van der Waals surface area contributed by atoms with Crippen molar-refractivity contribution < 1.29 is 9.90 Å². The molecular formula is C15H12N2O2S. The highest BCUT2D eigenvalue weighted by atomic mass is 32.1. The molecule has 0 unspecified atom stereocenters. The molecule has 5 heteroatoms. The molecule has 1 aliphatic rings. The molecule has 0 fully saturated rings. The van der Waals surface area contributed by atoms with Crippen molar-refractivity contribution in [3.8, 4) is 5.75 Å². The van der Waals surface area contributed by atoms with Crippen molar-refractivity contribution in [2.24, 2.45) is 0 Å². The molecule has 100 valence electrons. The predicted molar refractivity (Wildman–Crippen MR) is 82.5 cm³/mol. The van der Waals surface area contributed by atoms with E-state index in [9.17, 15) is 9.90 Å². The van der Waals surface area contributed by atoms with E-state index in [1.807, 2.05) is 29.2 Å². The third kappa shape index (κ3) is 2.23. The first-order valence-electron chi connectivity index (χ1n) is 6.16. The van der Waals surface area contributed by atoms with E-state index in [1.54, 1.807) is 24.3 Å². The zero-order chi connectivity index (χ0) is 14.1. The van der Waals surface area contributed by atoms with Crippen molar-refractivity contribution in [2.45, 2.75) is 6.42 Å². The average molecular weight is 284 g/mol. The fraction of sp³-hybridized carbons (Fsp3) is 0.0667. The number of anilines is 3. The molecule has 0 aromatic heterocycles. The summed E-state index contributed by atoms with van der Waals surface area (Å²) >= 11 is 5.38. The van der Waals surface area contributed by atoms with Crippen molar-refractivity contribution in [3.05, 3.63) is 48.5 Å². The highest BCUT2D eigenvalue weighted by Gasteiger charge is 2.24. The largest absolute Gasteiger partial charge is 0.508 e. The Morgan fingerprint density at radius 3 is 2.55 bits per heavy atom. The maximum absolute atomic E-state index is 11.8. The summed E-state index contributed by atoms with van der Waals surface area (Å²) in [5.74, 6) is 0.0701. The molecule has 2 N–H and O–H groups in total. The lowest BCUT2D eigenvalue weighted by atomic mass is 10.2. The predicted octanol–water partition coefficient (Wildman–Crippen LogP) is 3.20.